The molecule has 0 aliphatic heterocycles. The number of ether oxygens (including phenoxy) is 3. The number of nitrogens with zero attached hydrogens (tertiary/aromatic N) is 2. The fourth-order valence-corrected chi connectivity index (χ4v) is 2.58. The summed E-state index contributed by atoms with van der Waals surface area (Å²) in [5.41, 5.74) is 1.21. The maximum Gasteiger partial charge on any atom is 0.274 e. The van der Waals surface area contributed by atoms with Gasteiger partial charge in [0.15, 0.2) is 11.5 Å². The van der Waals surface area contributed by atoms with Gasteiger partial charge in [-0.1, -0.05) is 0 Å². The van der Waals surface area contributed by atoms with Gasteiger partial charge < -0.3 is 24.8 Å². The highest BCUT2D eigenvalue weighted by Gasteiger charge is 2.14. The first-order valence-electron chi connectivity index (χ1n) is 8.50. The number of methoxy groups -OCH3 is 3. The topological polar surface area (TPSA) is 94.6 Å². The van der Waals surface area contributed by atoms with Crippen molar-refractivity contribution >= 4 is 23.1 Å². The first-order valence-corrected chi connectivity index (χ1v) is 8.50. The number of carbonyl (C=O) groups is 1. The molecule has 0 unspecified atom stereocenters. The molecule has 0 radical (unpaired) electrons. The quantitative estimate of drug-likeness (QED) is 0.627. The van der Waals surface area contributed by atoms with Crippen molar-refractivity contribution < 1.29 is 23.4 Å². The molecule has 0 spiro atoms. The summed E-state index contributed by atoms with van der Waals surface area (Å²) in [4.78, 5) is 20.5. The van der Waals surface area contributed by atoms with E-state index >= 15 is 0 Å². The minimum Gasteiger partial charge on any atom is -0.493 e. The number of carbonyl (C=O) groups excluding carboxylic acids is 1. The molecule has 2 aromatic carbocycles. The van der Waals surface area contributed by atoms with E-state index in [9.17, 15) is 9.18 Å². The van der Waals surface area contributed by atoms with Crippen molar-refractivity contribution in [2.45, 2.75) is 0 Å². The molecule has 9 heteroatoms. The molecule has 0 aliphatic rings. The van der Waals surface area contributed by atoms with Crippen molar-refractivity contribution in [3.63, 3.8) is 0 Å². The Morgan fingerprint density at radius 3 is 2.14 bits per heavy atom. The highest BCUT2D eigenvalue weighted by molar-refractivity contribution is 6.03. The molecule has 0 aliphatic carbocycles. The molecular weight excluding hydrogens is 379 g/mol. The van der Waals surface area contributed by atoms with Crippen LogP contribution in [-0.4, -0.2) is 37.2 Å². The van der Waals surface area contributed by atoms with E-state index < -0.39 is 5.91 Å². The Morgan fingerprint density at radius 1 is 0.897 bits per heavy atom. The molecule has 1 aromatic heterocycles. The summed E-state index contributed by atoms with van der Waals surface area (Å²) >= 11 is 0. The van der Waals surface area contributed by atoms with Crippen LogP contribution in [0.1, 0.15) is 10.5 Å². The van der Waals surface area contributed by atoms with Gasteiger partial charge in [-0.05, 0) is 24.3 Å². The molecule has 0 atom stereocenters. The van der Waals surface area contributed by atoms with Gasteiger partial charge in [0.05, 0.1) is 21.3 Å². The van der Waals surface area contributed by atoms with Crippen LogP contribution in [0.2, 0.25) is 0 Å². The second kappa shape index (κ2) is 8.87. The van der Waals surface area contributed by atoms with Crippen molar-refractivity contribution in [3.8, 4) is 17.2 Å². The zero-order valence-corrected chi connectivity index (χ0v) is 16.0. The van der Waals surface area contributed by atoms with Gasteiger partial charge in [0, 0.05) is 29.6 Å². The first-order chi connectivity index (χ1) is 14.0. The minimum atomic E-state index is -0.452. The predicted molar refractivity (Wildman–Crippen MR) is 106 cm³/mol. The minimum absolute atomic E-state index is 0.138. The Kier molecular flexibility index (Phi) is 6.08. The maximum absolute atomic E-state index is 13.0. The van der Waals surface area contributed by atoms with Crippen LogP contribution in [-0.2, 0) is 0 Å². The molecule has 3 aromatic rings. The van der Waals surface area contributed by atoms with Crippen molar-refractivity contribution in [1.82, 2.24) is 9.97 Å². The van der Waals surface area contributed by atoms with Crippen LogP contribution in [0.15, 0.2) is 48.8 Å². The van der Waals surface area contributed by atoms with Gasteiger partial charge in [-0.3, -0.25) is 4.79 Å². The number of anilines is 3. The second-order valence-electron chi connectivity index (χ2n) is 5.79. The zero-order valence-electron chi connectivity index (χ0n) is 16.0. The van der Waals surface area contributed by atoms with E-state index in [0.717, 1.165) is 0 Å². The van der Waals surface area contributed by atoms with Crippen LogP contribution < -0.4 is 24.8 Å². The van der Waals surface area contributed by atoms with Gasteiger partial charge in [-0.15, -0.1) is 0 Å². The van der Waals surface area contributed by atoms with Crippen molar-refractivity contribution in [2.75, 3.05) is 32.0 Å². The third-order valence-electron chi connectivity index (χ3n) is 3.94. The molecule has 0 saturated heterocycles. The van der Waals surface area contributed by atoms with Crippen molar-refractivity contribution in [3.05, 3.63) is 60.3 Å². The third kappa shape index (κ3) is 4.70. The van der Waals surface area contributed by atoms with Gasteiger partial charge in [-0.2, -0.15) is 0 Å². The molecule has 150 valence electrons. The van der Waals surface area contributed by atoms with Gasteiger partial charge in [0.2, 0.25) is 5.75 Å². The van der Waals surface area contributed by atoms with Crippen LogP contribution >= 0.6 is 0 Å². The Hall–Kier alpha value is -3.88. The first kappa shape index (κ1) is 19.9. The number of rotatable bonds is 7. The fraction of sp³-hybridized carbons (Fsp3) is 0.150. The van der Waals surface area contributed by atoms with Crippen LogP contribution in [0.4, 0.5) is 21.6 Å². The van der Waals surface area contributed by atoms with Gasteiger partial charge in [0.1, 0.15) is 23.7 Å². The lowest BCUT2D eigenvalue weighted by molar-refractivity contribution is 0.102. The average Bonchev–Trinajstić information content (AvgIpc) is 2.74. The Bertz CT molecular complexity index is 987. The lowest BCUT2D eigenvalue weighted by atomic mass is 10.2. The van der Waals surface area contributed by atoms with E-state index in [4.69, 9.17) is 14.2 Å². The van der Waals surface area contributed by atoms with E-state index in [2.05, 4.69) is 20.6 Å². The Morgan fingerprint density at radius 2 is 1.55 bits per heavy atom. The Balaban J connectivity index is 1.81. The van der Waals surface area contributed by atoms with E-state index in [0.29, 0.717) is 34.4 Å². The molecule has 0 saturated carbocycles. The van der Waals surface area contributed by atoms with E-state index in [1.165, 1.54) is 58.0 Å². The summed E-state index contributed by atoms with van der Waals surface area (Å²) in [7, 11) is 4.55. The maximum atomic E-state index is 13.0. The summed E-state index contributed by atoms with van der Waals surface area (Å²) in [6, 6.07) is 10.3. The molecular formula is C20H19FN4O4. The lowest BCUT2D eigenvalue weighted by Gasteiger charge is -2.15. The van der Waals surface area contributed by atoms with Gasteiger partial charge >= 0.3 is 0 Å². The van der Waals surface area contributed by atoms with E-state index in [1.54, 1.807) is 12.1 Å². The average molecular weight is 398 g/mol. The lowest BCUT2D eigenvalue weighted by Crippen LogP contribution is -2.14. The molecule has 1 amide bonds. The molecule has 2 N–H and O–H groups in total. The molecule has 0 fully saturated rings. The van der Waals surface area contributed by atoms with Crippen molar-refractivity contribution in [2.24, 2.45) is 0 Å². The predicted octanol–water partition coefficient (Wildman–Crippen LogP) is 3.64. The van der Waals surface area contributed by atoms with E-state index in [-0.39, 0.29) is 11.5 Å². The van der Waals surface area contributed by atoms with Crippen LogP contribution in [0.25, 0.3) is 0 Å². The molecule has 29 heavy (non-hydrogen) atoms. The van der Waals surface area contributed by atoms with Gasteiger partial charge in [0.25, 0.3) is 5.91 Å². The number of benzene rings is 2. The normalized spacial score (nSPS) is 10.2. The highest BCUT2D eigenvalue weighted by Crippen LogP contribution is 2.40. The van der Waals surface area contributed by atoms with Crippen LogP contribution in [0, 0.1) is 5.82 Å². The van der Waals surface area contributed by atoms with Gasteiger partial charge in [-0.25, -0.2) is 14.4 Å². The standard InChI is InChI=1S/C20H19FN4O4/c1-27-16-8-14(9-17(28-2)19(16)29-3)24-18-10-15(22-11-23-18)20(26)25-13-6-4-12(21)5-7-13/h4-11H,1-3H3,(H,25,26)(H,22,23,24). The molecule has 8 nitrogen and oxygen atoms in total. The number of hydrogen-bond acceptors (Lipinski definition) is 7. The summed E-state index contributed by atoms with van der Waals surface area (Å²) in [6.07, 6.45) is 1.26. The van der Waals surface area contributed by atoms with Crippen molar-refractivity contribution in [1.29, 1.82) is 0 Å². The largest absolute Gasteiger partial charge is 0.493 e. The number of nitrogens with one attached hydrogen (secondary N) is 2. The molecule has 0 bridgehead atoms. The number of hydrogen-bond donors (Lipinski definition) is 2. The summed E-state index contributed by atoms with van der Waals surface area (Å²) in [5.74, 6) is 0.949. The van der Waals surface area contributed by atoms with Crippen LogP contribution in [0.5, 0.6) is 17.2 Å². The fourth-order valence-electron chi connectivity index (χ4n) is 2.58. The number of amides is 1. The SMILES string of the molecule is COc1cc(Nc2cc(C(=O)Nc3ccc(F)cc3)ncn2)cc(OC)c1OC. The highest BCUT2D eigenvalue weighted by atomic mass is 19.1. The van der Waals surface area contributed by atoms with Crippen LogP contribution in [0.3, 0.4) is 0 Å². The summed E-state index contributed by atoms with van der Waals surface area (Å²) in [5, 5.41) is 5.72. The number of aromatic nitrogens is 2. The monoisotopic (exact) mass is 398 g/mol. The zero-order chi connectivity index (χ0) is 20.8. The van der Waals surface area contributed by atoms with E-state index in [1.807, 2.05) is 0 Å². The molecule has 3 rings (SSSR count). The smallest absolute Gasteiger partial charge is 0.274 e. The Labute approximate surface area is 166 Å². The summed E-state index contributed by atoms with van der Waals surface area (Å²) in [6.45, 7) is 0. The molecule has 1 heterocycles. The number of halogens is 1. The second-order valence-corrected chi connectivity index (χ2v) is 5.79. The summed E-state index contributed by atoms with van der Waals surface area (Å²) < 4.78 is 28.9. The third-order valence-corrected chi connectivity index (χ3v) is 3.94.